The summed E-state index contributed by atoms with van der Waals surface area (Å²) in [6, 6.07) is 0. The fraction of sp³-hybridized carbons (Fsp3) is 0.545. The number of rotatable bonds is 1. The van der Waals surface area contributed by atoms with E-state index in [2.05, 4.69) is 6.58 Å². The van der Waals surface area contributed by atoms with E-state index in [0.29, 0.717) is 5.92 Å². The van der Waals surface area contributed by atoms with Crippen molar-refractivity contribution in [3.63, 3.8) is 0 Å². The lowest BCUT2D eigenvalue weighted by molar-refractivity contribution is -0.112. The maximum absolute atomic E-state index is 11.6. The molecule has 1 aliphatic carbocycles. The molecule has 0 unspecified atom stereocenters. The molecular formula is C11H16O. The van der Waals surface area contributed by atoms with Crippen molar-refractivity contribution in [2.75, 3.05) is 0 Å². The van der Waals surface area contributed by atoms with E-state index < -0.39 is 0 Å². The summed E-state index contributed by atoms with van der Waals surface area (Å²) in [6.45, 7) is 12.0. The summed E-state index contributed by atoms with van der Waals surface area (Å²) in [5.41, 5.74) is 1.52. The smallest absolute Gasteiger partial charge is 0.185 e. The van der Waals surface area contributed by atoms with Gasteiger partial charge in [0.1, 0.15) is 0 Å². The molecule has 0 spiro atoms. The van der Waals surface area contributed by atoms with E-state index in [1.165, 1.54) is 0 Å². The first-order valence-corrected chi connectivity index (χ1v) is 4.33. The van der Waals surface area contributed by atoms with Gasteiger partial charge in [-0.2, -0.15) is 0 Å². The molecule has 1 nitrogen and oxygen atoms in total. The molecule has 1 aliphatic rings. The summed E-state index contributed by atoms with van der Waals surface area (Å²) in [6.07, 6.45) is 2.04. The van der Waals surface area contributed by atoms with Gasteiger partial charge in [-0.1, -0.05) is 40.3 Å². The van der Waals surface area contributed by atoms with E-state index >= 15 is 0 Å². The van der Waals surface area contributed by atoms with Crippen molar-refractivity contribution in [2.24, 2.45) is 11.3 Å². The van der Waals surface area contributed by atoms with E-state index in [0.717, 1.165) is 11.1 Å². The minimum atomic E-state index is -0.128. The van der Waals surface area contributed by atoms with Gasteiger partial charge in [-0.3, -0.25) is 4.79 Å². The van der Waals surface area contributed by atoms with Gasteiger partial charge in [0, 0.05) is 11.0 Å². The molecule has 0 fully saturated rings. The highest BCUT2D eigenvalue weighted by Gasteiger charge is 2.34. The quantitative estimate of drug-likeness (QED) is 0.544. The first-order valence-electron chi connectivity index (χ1n) is 4.33. The number of carbonyl (C=O) groups excluding carboxylic acids is 1. The summed E-state index contributed by atoms with van der Waals surface area (Å²) < 4.78 is 0. The van der Waals surface area contributed by atoms with E-state index in [4.69, 9.17) is 0 Å². The number of carbonyl (C=O) groups is 1. The van der Waals surface area contributed by atoms with Gasteiger partial charge in [0.15, 0.2) is 5.78 Å². The van der Waals surface area contributed by atoms with Crippen LogP contribution in [0, 0.1) is 11.3 Å². The Hall–Kier alpha value is -0.850. The fourth-order valence-corrected chi connectivity index (χ4v) is 1.44. The SMILES string of the molecule is C=C1C(=O)C(C(C)C)=CC1(C)C. The Balaban J connectivity index is 3.08. The number of ketones is 1. The second-order valence-corrected chi connectivity index (χ2v) is 4.28. The van der Waals surface area contributed by atoms with Crippen molar-refractivity contribution in [2.45, 2.75) is 27.7 Å². The summed E-state index contributed by atoms with van der Waals surface area (Å²) in [5.74, 6) is 0.464. The van der Waals surface area contributed by atoms with Gasteiger partial charge in [-0.25, -0.2) is 0 Å². The Morgan fingerprint density at radius 1 is 1.42 bits per heavy atom. The standard InChI is InChI=1S/C11H16O/c1-7(2)9-6-11(4,5)8(3)10(9)12/h6-7H,3H2,1-2,4-5H3. The average Bonchev–Trinajstić information content (AvgIpc) is 2.14. The van der Waals surface area contributed by atoms with Crippen molar-refractivity contribution in [3.05, 3.63) is 23.8 Å². The van der Waals surface area contributed by atoms with E-state index in [1.54, 1.807) is 0 Å². The second kappa shape index (κ2) is 2.58. The summed E-state index contributed by atoms with van der Waals surface area (Å²) in [4.78, 5) is 11.6. The van der Waals surface area contributed by atoms with Gasteiger partial charge in [-0.05, 0) is 11.5 Å². The highest BCUT2D eigenvalue weighted by atomic mass is 16.1. The van der Waals surface area contributed by atoms with Crippen LogP contribution in [0.4, 0.5) is 0 Å². The molecule has 0 saturated carbocycles. The molecule has 0 heterocycles. The van der Waals surface area contributed by atoms with Crippen molar-refractivity contribution in [1.82, 2.24) is 0 Å². The van der Waals surface area contributed by atoms with Gasteiger partial charge in [0.25, 0.3) is 0 Å². The minimum absolute atomic E-state index is 0.128. The maximum atomic E-state index is 11.6. The molecule has 0 radical (unpaired) electrons. The predicted molar refractivity (Wildman–Crippen MR) is 50.8 cm³/mol. The average molecular weight is 164 g/mol. The third kappa shape index (κ3) is 1.24. The molecule has 66 valence electrons. The number of hydrogen-bond acceptors (Lipinski definition) is 1. The monoisotopic (exact) mass is 164 g/mol. The third-order valence-corrected chi connectivity index (χ3v) is 2.45. The Labute approximate surface area is 74.2 Å². The molecule has 1 heteroatoms. The Bertz CT molecular complexity index is 267. The van der Waals surface area contributed by atoms with E-state index in [9.17, 15) is 4.79 Å². The number of allylic oxidation sites excluding steroid dienone is 3. The topological polar surface area (TPSA) is 17.1 Å². The molecule has 0 N–H and O–H groups in total. The molecule has 0 bridgehead atoms. The second-order valence-electron chi connectivity index (χ2n) is 4.28. The highest BCUT2D eigenvalue weighted by molar-refractivity contribution is 6.12. The summed E-state index contributed by atoms with van der Waals surface area (Å²) >= 11 is 0. The van der Waals surface area contributed by atoms with Gasteiger partial charge in [-0.15, -0.1) is 0 Å². The molecule has 0 aliphatic heterocycles. The van der Waals surface area contributed by atoms with Crippen LogP contribution in [0.25, 0.3) is 0 Å². The van der Waals surface area contributed by atoms with Crippen molar-refractivity contribution in [3.8, 4) is 0 Å². The molecule has 0 aromatic rings. The van der Waals surface area contributed by atoms with Crippen LogP contribution in [-0.4, -0.2) is 5.78 Å². The lowest BCUT2D eigenvalue weighted by Gasteiger charge is -2.14. The number of hydrogen-bond donors (Lipinski definition) is 0. The minimum Gasteiger partial charge on any atom is -0.289 e. The maximum Gasteiger partial charge on any atom is 0.185 e. The normalized spacial score (nSPS) is 21.9. The van der Waals surface area contributed by atoms with Crippen LogP contribution in [0.1, 0.15) is 27.7 Å². The van der Waals surface area contributed by atoms with Crippen LogP contribution in [0.5, 0.6) is 0 Å². The zero-order chi connectivity index (χ0) is 9.52. The van der Waals surface area contributed by atoms with Gasteiger partial charge < -0.3 is 0 Å². The first-order chi connectivity index (χ1) is 5.36. The molecule has 12 heavy (non-hydrogen) atoms. The number of Topliss-reactive ketones (excluding diaryl/α,β-unsaturated/α-hetero) is 1. The van der Waals surface area contributed by atoms with Crippen molar-refractivity contribution in [1.29, 1.82) is 0 Å². The molecule has 0 atom stereocenters. The lowest BCUT2D eigenvalue weighted by Crippen LogP contribution is -2.11. The van der Waals surface area contributed by atoms with Gasteiger partial charge in [0.2, 0.25) is 0 Å². The van der Waals surface area contributed by atoms with Gasteiger partial charge in [0.05, 0.1) is 0 Å². The summed E-state index contributed by atoms with van der Waals surface area (Å²) in [7, 11) is 0. The highest BCUT2D eigenvalue weighted by Crippen LogP contribution is 2.38. The Kier molecular flexibility index (Phi) is 1.99. The lowest BCUT2D eigenvalue weighted by atomic mass is 9.89. The molecule has 0 aromatic heterocycles. The van der Waals surface area contributed by atoms with Gasteiger partial charge >= 0.3 is 0 Å². The fourth-order valence-electron chi connectivity index (χ4n) is 1.44. The van der Waals surface area contributed by atoms with Crippen LogP contribution in [0.15, 0.2) is 23.8 Å². The predicted octanol–water partition coefficient (Wildman–Crippen LogP) is 2.73. The Morgan fingerprint density at radius 2 is 1.92 bits per heavy atom. The van der Waals surface area contributed by atoms with Crippen LogP contribution >= 0.6 is 0 Å². The summed E-state index contributed by atoms with van der Waals surface area (Å²) in [5, 5.41) is 0. The third-order valence-electron chi connectivity index (χ3n) is 2.45. The van der Waals surface area contributed by atoms with E-state index in [-0.39, 0.29) is 11.2 Å². The van der Waals surface area contributed by atoms with Crippen LogP contribution in [-0.2, 0) is 4.79 Å². The Morgan fingerprint density at radius 3 is 2.08 bits per heavy atom. The molecule has 1 rings (SSSR count). The zero-order valence-corrected chi connectivity index (χ0v) is 8.27. The molecule has 0 amide bonds. The largest absolute Gasteiger partial charge is 0.289 e. The van der Waals surface area contributed by atoms with Crippen molar-refractivity contribution < 1.29 is 4.79 Å². The van der Waals surface area contributed by atoms with Crippen LogP contribution in [0.2, 0.25) is 0 Å². The first kappa shape index (κ1) is 9.24. The van der Waals surface area contributed by atoms with Crippen LogP contribution in [0.3, 0.4) is 0 Å². The van der Waals surface area contributed by atoms with Crippen LogP contribution < -0.4 is 0 Å². The molecule has 0 saturated heterocycles. The molecule has 0 aromatic carbocycles. The zero-order valence-electron chi connectivity index (χ0n) is 8.27. The molecular weight excluding hydrogens is 148 g/mol. The van der Waals surface area contributed by atoms with E-state index in [1.807, 2.05) is 33.8 Å². The van der Waals surface area contributed by atoms with Crippen molar-refractivity contribution >= 4 is 5.78 Å².